The molecular formula is C11H12BrNOS. The Morgan fingerprint density at radius 2 is 2.47 bits per heavy atom. The zero-order valence-corrected chi connectivity index (χ0v) is 10.8. The van der Waals surface area contributed by atoms with Crippen LogP contribution in [0.4, 0.5) is 0 Å². The van der Waals surface area contributed by atoms with E-state index < -0.39 is 0 Å². The number of furan rings is 1. The van der Waals surface area contributed by atoms with Crippen LogP contribution in [0, 0.1) is 0 Å². The van der Waals surface area contributed by atoms with Crippen LogP contribution in [-0.4, -0.2) is 0 Å². The summed E-state index contributed by atoms with van der Waals surface area (Å²) in [6.07, 6.45) is 3.47. The third-order valence-electron chi connectivity index (χ3n) is 2.21. The Kier molecular flexibility index (Phi) is 3.61. The van der Waals surface area contributed by atoms with Gasteiger partial charge in [0.2, 0.25) is 0 Å². The lowest BCUT2D eigenvalue weighted by Gasteiger charge is -2.10. The summed E-state index contributed by atoms with van der Waals surface area (Å²) < 4.78 is 6.16. The van der Waals surface area contributed by atoms with Gasteiger partial charge in [0.25, 0.3) is 0 Å². The van der Waals surface area contributed by atoms with E-state index in [9.17, 15) is 0 Å². The van der Waals surface area contributed by atoms with Crippen molar-refractivity contribution in [3.63, 3.8) is 0 Å². The molecule has 2 aromatic rings. The van der Waals surface area contributed by atoms with Crippen LogP contribution in [0.2, 0.25) is 0 Å². The van der Waals surface area contributed by atoms with Gasteiger partial charge in [-0.3, -0.25) is 0 Å². The first-order valence-electron chi connectivity index (χ1n) is 4.74. The molecule has 0 aromatic carbocycles. The van der Waals surface area contributed by atoms with E-state index in [2.05, 4.69) is 39.6 Å². The average molecular weight is 286 g/mol. The molecule has 0 spiro atoms. The lowest BCUT2D eigenvalue weighted by atomic mass is 10.2. The minimum Gasteiger partial charge on any atom is -0.472 e. The van der Waals surface area contributed by atoms with E-state index in [-0.39, 0.29) is 0 Å². The van der Waals surface area contributed by atoms with Crippen LogP contribution in [0.5, 0.6) is 0 Å². The fourth-order valence-corrected chi connectivity index (χ4v) is 2.80. The molecule has 0 radical (unpaired) electrons. The van der Waals surface area contributed by atoms with E-state index in [4.69, 9.17) is 4.42 Å². The molecule has 1 N–H and O–H groups in total. The molecule has 0 bridgehead atoms. The van der Waals surface area contributed by atoms with Crippen LogP contribution in [0.1, 0.15) is 23.4 Å². The van der Waals surface area contributed by atoms with Crippen molar-refractivity contribution in [3.8, 4) is 0 Å². The Morgan fingerprint density at radius 3 is 3.07 bits per heavy atom. The third kappa shape index (κ3) is 2.93. The quantitative estimate of drug-likeness (QED) is 0.920. The van der Waals surface area contributed by atoms with Gasteiger partial charge >= 0.3 is 0 Å². The molecule has 0 fully saturated rings. The van der Waals surface area contributed by atoms with Crippen molar-refractivity contribution in [1.29, 1.82) is 0 Å². The molecule has 1 atom stereocenters. The lowest BCUT2D eigenvalue weighted by molar-refractivity contribution is 0.549. The van der Waals surface area contributed by atoms with Crippen molar-refractivity contribution in [2.24, 2.45) is 0 Å². The first-order chi connectivity index (χ1) is 7.25. The summed E-state index contributed by atoms with van der Waals surface area (Å²) in [4.78, 5) is 1.34. The summed E-state index contributed by atoms with van der Waals surface area (Å²) >= 11 is 5.22. The van der Waals surface area contributed by atoms with E-state index in [1.807, 2.05) is 6.07 Å². The number of hydrogen-bond acceptors (Lipinski definition) is 3. The van der Waals surface area contributed by atoms with Crippen molar-refractivity contribution in [3.05, 3.63) is 45.0 Å². The van der Waals surface area contributed by atoms with Crippen LogP contribution in [0.25, 0.3) is 0 Å². The molecule has 4 heteroatoms. The second-order valence-corrected chi connectivity index (χ2v) is 5.26. The van der Waals surface area contributed by atoms with Crippen molar-refractivity contribution < 1.29 is 4.42 Å². The SMILES string of the molecule is CC(NCc1ccoc1)c1cc(Br)cs1. The van der Waals surface area contributed by atoms with Gasteiger partial charge in [0, 0.05) is 32.9 Å². The normalized spacial score (nSPS) is 12.9. The van der Waals surface area contributed by atoms with E-state index in [0.717, 1.165) is 11.0 Å². The van der Waals surface area contributed by atoms with Gasteiger partial charge in [0.1, 0.15) is 0 Å². The number of nitrogens with one attached hydrogen (secondary N) is 1. The molecule has 1 unspecified atom stereocenters. The first-order valence-corrected chi connectivity index (χ1v) is 6.41. The minimum absolute atomic E-state index is 0.371. The summed E-state index contributed by atoms with van der Waals surface area (Å²) in [5.74, 6) is 0. The van der Waals surface area contributed by atoms with Crippen molar-refractivity contribution in [2.45, 2.75) is 19.5 Å². The van der Waals surface area contributed by atoms with E-state index >= 15 is 0 Å². The first kappa shape index (κ1) is 10.9. The van der Waals surface area contributed by atoms with Gasteiger partial charge in [-0.2, -0.15) is 0 Å². The van der Waals surface area contributed by atoms with Gasteiger partial charge < -0.3 is 9.73 Å². The smallest absolute Gasteiger partial charge is 0.0947 e. The van der Waals surface area contributed by atoms with E-state index in [0.29, 0.717) is 6.04 Å². The van der Waals surface area contributed by atoms with Gasteiger partial charge in [0.15, 0.2) is 0 Å². The molecule has 2 heterocycles. The average Bonchev–Trinajstić information content (AvgIpc) is 2.84. The molecule has 0 aliphatic heterocycles. The van der Waals surface area contributed by atoms with Gasteiger partial charge in [0.05, 0.1) is 12.5 Å². The van der Waals surface area contributed by atoms with Gasteiger partial charge in [-0.25, -0.2) is 0 Å². The molecule has 2 nitrogen and oxygen atoms in total. The summed E-state index contributed by atoms with van der Waals surface area (Å²) in [5, 5.41) is 5.55. The fraction of sp³-hybridized carbons (Fsp3) is 0.273. The Balaban J connectivity index is 1.90. The summed E-state index contributed by atoms with van der Waals surface area (Å²) in [6, 6.07) is 4.50. The van der Waals surface area contributed by atoms with Crippen LogP contribution in [0.3, 0.4) is 0 Å². The van der Waals surface area contributed by atoms with Crippen LogP contribution >= 0.6 is 27.3 Å². The number of thiophene rings is 1. The Morgan fingerprint density at radius 1 is 1.60 bits per heavy atom. The zero-order valence-electron chi connectivity index (χ0n) is 8.37. The molecule has 80 valence electrons. The number of halogens is 1. The maximum Gasteiger partial charge on any atom is 0.0947 e. The molecular weight excluding hydrogens is 274 g/mol. The van der Waals surface area contributed by atoms with E-state index in [1.54, 1.807) is 23.9 Å². The number of rotatable bonds is 4. The topological polar surface area (TPSA) is 25.2 Å². The number of hydrogen-bond donors (Lipinski definition) is 1. The van der Waals surface area contributed by atoms with Crippen LogP contribution in [0.15, 0.2) is 38.9 Å². The Hall–Kier alpha value is -0.580. The van der Waals surface area contributed by atoms with Crippen LogP contribution < -0.4 is 5.32 Å². The maximum atomic E-state index is 5.01. The molecule has 0 aliphatic rings. The Labute approximate surface area is 101 Å². The predicted octanol–water partition coefficient (Wildman–Crippen LogP) is 3.95. The van der Waals surface area contributed by atoms with Crippen molar-refractivity contribution in [1.82, 2.24) is 5.32 Å². The van der Waals surface area contributed by atoms with Crippen molar-refractivity contribution in [2.75, 3.05) is 0 Å². The highest BCUT2D eigenvalue weighted by Crippen LogP contribution is 2.25. The second kappa shape index (κ2) is 4.96. The highest BCUT2D eigenvalue weighted by molar-refractivity contribution is 9.10. The molecule has 2 aromatic heterocycles. The summed E-state index contributed by atoms with van der Waals surface area (Å²) in [6.45, 7) is 3.01. The molecule has 0 saturated carbocycles. The zero-order chi connectivity index (χ0) is 10.7. The molecule has 15 heavy (non-hydrogen) atoms. The van der Waals surface area contributed by atoms with Gasteiger partial charge in [-0.05, 0) is 35.0 Å². The minimum atomic E-state index is 0.371. The Bertz CT molecular complexity index is 410. The monoisotopic (exact) mass is 285 g/mol. The molecule has 0 amide bonds. The third-order valence-corrected chi connectivity index (χ3v) is 4.08. The standard InChI is InChI=1S/C11H12BrNOS/c1-8(11-4-10(12)7-15-11)13-5-9-2-3-14-6-9/h2-4,6-8,13H,5H2,1H3. The molecule has 2 rings (SSSR count). The highest BCUT2D eigenvalue weighted by atomic mass is 79.9. The largest absolute Gasteiger partial charge is 0.472 e. The fourth-order valence-electron chi connectivity index (χ4n) is 1.32. The van der Waals surface area contributed by atoms with Gasteiger partial charge in [-0.15, -0.1) is 11.3 Å². The maximum absolute atomic E-state index is 5.01. The van der Waals surface area contributed by atoms with Crippen LogP contribution in [-0.2, 0) is 6.54 Å². The van der Waals surface area contributed by atoms with Crippen molar-refractivity contribution >= 4 is 27.3 Å². The second-order valence-electron chi connectivity index (χ2n) is 3.40. The van der Waals surface area contributed by atoms with E-state index in [1.165, 1.54) is 10.4 Å². The lowest BCUT2D eigenvalue weighted by Crippen LogP contribution is -2.16. The summed E-state index contributed by atoms with van der Waals surface area (Å²) in [5.41, 5.74) is 1.18. The summed E-state index contributed by atoms with van der Waals surface area (Å²) in [7, 11) is 0. The molecule has 0 aliphatic carbocycles. The molecule has 0 saturated heterocycles. The highest BCUT2D eigenvalue weighted by Gasteiger charge is 2.07. The predicted molar refractivity (Wildman–Crippen MR) is 66.0 cm³/mol. The van der Waals surface area contributed by atoms with Gasteiger partial charge in [-0.1, -0.05) is 0 Å².